The van der Waals surface area contributed by atoms with Gasteiger partial charge in [-0.2, -0.15) is 0 Å². The van der Waals surface area contributed by atoms with Gasteiger partial charge in [-0.3, -0.25) is 4.79 Å². The molecule has 6 heteroatoms. The monoisotopic (exact) mass is 304 g/mol. The Morgan fingerprint density at radius 2 is 1.77 bits per heavy atom. The summed E-state index contributed by atoms with van der Waals surface area (Å²) in [6.07, 6.45) is 3.80. The molecule has 1 aromatic rings. The lowest BCUT2D eigenvalue weighted by atomic mass is 9.86. The molecule has 6 nitrogen and oxygen atoms in total. The third kappa shape index (κ3) is 2.79. The van der Waals surface area contributed by atoms with Crippen molar-refractivity contribution in [2.24, 2.45) is 5.41 Å². The zero-order valence-electron chi connectivity index (χ0n) is 13.6. The summed E-state index contributed by atoms with van der Waals surface area (Å²) in [6, 6.07) is 0. The first kappa shape index (κ1) is 15.2. The third-order valence-corrected chi connectivity index (χ3v) is 4.53. The third-order valence-electron chi connectivity index (χ3n) is 4.53. The van der Waals surface area contributed by atoms with Crippen LogP contribution in [-0.4, -0.2) is 60.2 Å². The van der Waals surface area contributed by atoms with E-state index in [2.05, 4.69) is 28.7 Å². The Morgan fingerprint density at radius 1 is 1.18 bits per heavy atom. The number of ether oxygens (including phenoxy) is 1. The van der Waals surface area contributed by atoms with Gasteiger partial charge >= 0.3 is 0 Å². The number of anilines is 1. The maximum atomic E-state index is 12.5. The average Bonchev–Trinajstić information content (AvgIpc) is 2.52. The molecule has 0 unspecified atom stereocenters. The summed E-state index contributed by atoms with van der Waals surface area (Å²) in [4.78, 5) is 25.5. The normalized spacial score (nSPS) is 20.9. The number of rotatable bonds is 3. The van der Waals surface area contributed by atoms with Gasteiger partial charge in [-0.15, -0.1) is 0 Å². The highest BCUT2D eigenvalue weighted by Gasteiger charge is 2.44. The average molecular weight is 304 g/mol. The number of carbonyl (C=O) groups excluding carboxylic acids is 1. The van der Waals surface area contributed by atoms with Crippen LogP contribution in [0.15, 0.2) is 12.4 Å². The Bertz CT molecular complexity index is 532. The lowest BCUT2D eigenvalue weighted by Crippen LogP contribution is -2.58. The summed E-state index contributed by atoms with van der Waals surface area (Å²) in [6.45, 7) is 10.4. The number of carbonyl (C=O) groups is 1. The van der Waals surface area contributed by atoms with Crippen molar-refractivity contribution in [1.29, 1.82) is 0 Å². The van der Waals surface area contributed by atoms with Crippen molar-refractivity contribution in [3.05, 3.63) is 18.0 Å². The number of hydrogen-bond acceptors (Lipinski definition) is 5. The van der Waals surface area contributed by atoms with E-state index in [1.54, 1.807) is 0 Å². The quantitative estimate of drug-likeness (QED) is 0.842. The predicted octanol–water partition coefficient (Wildman–Crippen LogP) is 1.29. The molecule has 3 rings (SSSR count). The van der Waals surface area contributed by atoms with Gasteiger partial charge in [0.2, 0.25) is 11.9 Å². The molecule has 0 N–H and O–H groups in total. The largest absolute Gasteiger partial charge is 0.379 e. The molecule has 1 amide bonds. The van der Waals surface area contributed by atoms with Crippen LogP contribution >= 0.6 is 0 Å². The van der Waals surface area contributed by atoms with Gasteiger partial charge in [0.1, 0.15) is 0 Å². The molecule has 0 aliphatic carbocycles. The highest BCUT2D eigenvalue weighted by atomic mass is 16.5. The summed E-state index contributed by atoms with van der Waals surface area (Å²) in [5, 5.41) is 0. The molecule has 0 aromatic carbocycles. The molecule has 2 aliphatic rings. The molecule has 0 radical (unpaired) electrons. The first-order valence-electron chi connectivity index (χ1n) is 7.94. The number of aromatic nitrogens is 2. The van der Waals surface area contributed by atoms with Crippen molar-refractivity contribution in [1.82, 2.24) is 14.9 Å². The fourth-order valence-corrected chi connectivity index (χ4v) is 2.82. The topological polar surface area (TPSA) is 58.6 Å². The van der Waals surface area contributed by atoms with Gasteiger partial charge in [0.05, 0.1) is 18.6 Å². The highest BCUT2D eigenvalue weighted by Crippen LogP contribution is 2.29. The van der Waals surface area contributed by atoms with Crippen LogP contribution < -0.4 is 4.90 Å². The summed E-state index contributed by atoms with van der Waals surface area (Å²) in [5.41, 5.74) is 0.841. The van der Waals surface area contributed by atoms with E-state index in [1.807, 2.05) is 24.2 Å². The summed E-state index contributed by atoms with van der Waals surface area (Å²) in [7, 11) is 0. The minimum Gasteiger partial charge on any atom is -0.379 e. The maximum Gasteiger partial charge on any atom is 0.233 e. The van der Waals surface area contributed by atoms with Crippen LogP contribution in [0.5, 0.6) is 0 Å². The predicted molar refractivity (Wildman–Crippen MR) is 83.8 cm³/mol. The lowest BCUT2D eigenvalue weighted by Gasteiger charge is -2.43. The van der Waals surface area contributed by atoms with Gasteiger partial charge in [-0.1, -0.05) is 13.8 Å². The van der Waals surface area contributed by atoms with E-state index in [-0.39, 0.29) is 11.3 Å². The van der Waals surface area contributed by atoms with Crippen molar-refractivity contribution in [2.75, 3.05) is 44.3 Å². The Morgan fingerprint density at radius 3 is 2.23 bits per heavy atom. The minimum atomic E-state index is -0.308. The summed E-state index contributed by atoms with van der Waals surface area (Å²) < 4.78 is 5.19. The molecule has 0 atom stereocenters. The molecule has 0 saturated carbocycles. The molecule has 2 saturated heterocycles. The van der Waals surface area contributed by atoms with E-state index in [0.29, 0.717) is 19.1 Å². The van der Waals surface area contributed by atoms with E-state index in [9.17, 15) is 4.79 Å². The minimum absolute atomic E-state index is 0.217. The summed E-state index contributed by atoms with van der Waals surface area (Å²) in [5.74, 6) is 1.41. The molecule has 0 bridgehead atoms. The van der Waals surface area contributed by atoms with E-state index >= 15 is 0 Å². The Hall–Kier alpha value is -1.69. The van der Waals surface area contributed by atoms with Gasteiger partial charge in [0.25, 0.3) is 0 Å². The van der Waals surface area contributed by atoms with Crippen molar-refractivity contribution < 1.29 is 9.53 Å². The molecular formula is C16H24N4O2. The van der Waals surface area contributed by atoms with Crippen LogP contribution in [-0.2, 0) is 9.53 Å². The standard InChI is InChI=1S/C16H24N4O2/c1-12(2)13-8-17-15(18-9-13)20-6-4-19(5-7-20)14(21)16(3)10-22-11-16/h8-9,12H,4-7,10-11H2,1-3H3. The first-order chi connectivity index (χ1) is 10.5. The van der Waals surface area contributed by atoms with E-state index in [1.165, 1.54) is 0 Å². The number of amides is 1. The Balaban J connectivity index is 1.58. The second-order valence-corrected chi connectivity index (χ2v) is 6.80. The fraction of sp³-hybridized carbons (Fsp3) is 0.688. The molecule has 120 valence electrons. The Labute approximate surface area is 131 Å². The van der Waals surface area contributed by atoms with Crippen molar-refractivity contribution in [3.63, 3.8) is 0 Å². The van der Waals surface area contributed by atoms with E-state index in [4.69, 9.17) is 4.74 Å². The van der Waals surface area contributed by atoms with Gasteiger partial charge in [0, 0.05) is 38.6 Å². The lowest BCUT2D eigenvalue weighted by molar-refractivity contribution is -0.169. The molecule has 22 heavy (non-hydrogen) atoms. The van der Waals surface area contributed by atoms with Crippen LogP contribution in [0.1, 0.15) is 32.3 Å². The van der Waals surface area contributed by atoms with Gasteiger partial charge in [-0.25, -0.2) is 9.97 Å². The zero-order valence-corrected chi connectivity index (χ0v) is 13.6. The number of piperazine rings is 1. The van der Waals surface area contributed by atoms with E-state index in [0.717, 1.165) is 37.7 Å². The molecule has 1 aromatic heterocycles. The van der Waals surface area contributed by atoms with Gasteiger partial charge < -0.3 is 14.5 Å². The Kier molecular flexibility index (Phi) is 4.04. The van der Waals surface area contributed by atoms with Crippen LogP contribution in [0.2, 0.25) is 0 Å². The van der Waals surface area contributed by atoms with Gasteiger partial charge in [0.15, 0.2) is 0 Å². The second kappa shape index (κ2) is 5.83. The van der Waals surface area contributed by atoms with Crippen molar-refractivity contribution in [3.8, 4) is 0 Å². The molecule has 0 spiro atoms. The SMILES string of the molecule is CC(C)c1cnc(N2CCN(C(=O)C3(C)COC3)CC2)nc1. The molecule has 3 heterocycles. The maximum absolute atomic E-state index is 12.5. The van der Waals surface area contributed by atoms with Crippen LogP contribution in [0.4, 0.5) is 5.95 Å². The second-order valence-electron chi connectivity index (χ2n) is 6.80. The van der Waals surface area contributed by atoms with Gasteiger partial charge in [-0.05, 0) is 18.4 Å². The van der Waals surface area contributed by atoms with E-state index < -0.39 is 0 Å². The van der Waals surface area contributed by atoms with Crippen LogP contribution in [0.3, 0.4) is 0 Å². The summed E-state index contributed by atoms with van der Waals surface area (Å²) >= 11 is 0. The smallest absolute Gasteiger partial charge is 0.233 e. The van der Waals surface area contributed by atoms with Crippen LogP contribution in [0, 0.1) is 5.41 Å². The fourth-order valence-electron chi connectivity index (χ4n) is 2.82. The highest BCUT2D eigenvalue weighted by molar-refractivity contribution is 5.83. The van der Waals surface area contributed by atoms with Crippen LogP contribution in [0.25, 0.3) is 0 Å². The van der Waals surface area contributed by atoms with Crippen molar-refractivity contribution in [2.45, 2.75) is 26.7 Å². The number of nitrogens with zero attached hydrogens (tertiary/aromatic N) is 4. The molecule has 2 fully saturated rings. The first-order valence-corrected chi connectivity index (χ1v) is 7.94. The number of hydrogen-bond donors (Lipinski definition) is 0. The molecule has 2 aliphatic heterocycles. The zero-order chi connectivity index (χ0) is 15.7. The van der Waals surface area contributed by atoms with Crippen molar-refractivity contribution >= 4 is 11.9 Å². The molecular weight excluding hydrogens is 280 g/mol.